The third-order valence-corrected chi connectivity index (χ3v) is 5.96. The highest BCUT2D eigenvalue weighted by Crippen LogP contribution is 2.22. The van der Waals surface area contributed by atoms with Crippen molar-refractivity contribution in [2.45, 2.75) is 39.2 Å². The molecule has 0 saturated carbocycles. The molecule has 7 heteroatoms. The molecule has 0 unspecified atom stereocenters. The van der Waals surface area contributed by atoms with Crippen LogP contribution >= 0.6 is 11.3 Å². The average Bonchev–Trinajstić information content (AvgIpc) is 3.22. The van der Waals surface area contributed by atoms with E-state index in [0.29, 0.717) is 22.4 Å². The number of thiazole rings is 1. The van der Waals surface area contributed by atoms with Crippen LogP contribution in [-0.4, -0.2) is 20.7 Å². The molecule has 1 amide bonds. The van der Waals surface area contributed by atoms with Crippen LogP contribution in [0.15, 0.2) is 65.6 Å². The number of carbonyl (C=O) groups excluding carboxylic acids is 1. The molecule has 0 aliphatic heterocycles. The first-order valence-electron chi connectivity index (χ1n) is 10.5. The van der Waals surface area contributed by atoms with Gasteiger partial charge in [0.05, 0.1) is 5.39 Å². The Morgan fingerprint density at radius 3 is 2.55 bits per heavy atom. The second-order valence-electron chi connectivity index (χ2n) is 7.38. The molecule has 1 N–H and O–H groups in total. The van der Waals surface area contributed by atoms with Gasteiger partial charge < -0.3 is 0 Å². The number of carbonyl (C=O) groups is 1. The molecule has 2 heterocycles. The molecule has 0 aliphatic rings. The molecule has 0 fully saturated rings. The zero-order valence-corrected chi connectivity index (χ0v) is 18.2. The highest BCUT2D eigenvalue weighted by atomic mass is 32.1. The lowest BCUT2D eigenvalue weighted by Gasteiger charge is -2.10. The summed E-state index contributed by atoms with van der Waals surface area (Å²) in [6.07, 6.45) is 5.44. The molecule has 158 valence electrons. The number of unbranched alkanes of at least 4 members (excludes halogenated alkanes) is 2. The molecule has 4 aromatic rings. The lowest BCUT2D eigenvalue weighted by atomic mass is 10.1. The van der Waals surface area contributed by atoms with Crippen molar-refractivity contribution in [1.82, 2.24) is 14.8 Å². The van der Waals surface area contributed by atoms with Gasteiger partial charge in [-0.15, -0.1) is 11.3 Å². The van der Waals surface area contributed by atoms with E-state index in [1.54, 1.807) is 24.4 Å². The van der Waals surface area contributed by atoms with Crippen LogP contribution in [-0.2, 0) is 13.0 Å². The second-order valence-corrected chi connectivity index (χ2v) is 8.49. The fourth-order valence-corrected chi connectivity index (χ4v) is 4.31. The van der Waals surface area contributed by atoms with Gasteiger partial charge in [-0.3, -0.25) is 14.9 Å². The van der Waals surface area contributed by atoms with Gasteiger partial charge in [-0.25, -0.2) is 9.67 Å². The first-order chi connectivity index (χ1) is 15.2. The van der Waals surface area contributed by atoms with Gasteiger partial charge in [-0.2, -0.15) is 5.10 Å². The molecule has 0 bridgehead atoms. The Bertz CT molecular complexity index is 1250. The SMILES string of the molecule is CCCCCn1nc(C(=O)Nc2ncc(Cc3ccccc3)s2)c2ccccc2c1=O. The zero-order chi connectivity index (χ0) is 21.6. The topological polar surface area (TPSA) is 76.9 Å². The molecular formula is C24H24N4O2S. The summed E-state index contributed by atoms with van der Waals surface area (Å²) in [5.41, 5.74) is 1.27. The standard InChI is InChI=1S/C24H24N4O2S/c1-2-3-9-14-28-23(30)20-13-8-7-12-19(20)21(27-28)22(29)26-24-25-16-18(31-24)15-17-10-5-4-6-11-17/h4-8,10-13,16H,2-3,9,14-15H2,1H3,(H,25,26,29). The first-order valence-corrected chi connectivity index (χ1v) is 11.3. The third kappa shape index (κ3) is 4.88. The maximum Gasteiger partial charge on any atom is 0.278 e. The number of nitrogens with zero attached hydrogens (tertiary/aromatic N) is 3. The van der Waals surface area contributed by atoms with Gasteiger partial charge in [0.1, 0.15) is 0 Å². The number of aromatic nitrogens is 3. The lowest BCUT2D eigenvalue weighted by molar-refractivity contribution is 0.102. The Balaban J connectivity index is 1.59. The van der Waals surface area contributed by atoms with Crippen LogP contribution in [0, 0.1) is 0 Å². The van der Waals surface area contributed by atoms with Crippen LogP contribution in [0.2, 0.25) is 0 Å². The predicted octanol–water partition coefficient (Wildman–Crippen LogP) is 4.89. The van der Waals surface area contributed by atoms with Crippen molar-refractivity contribution >= 4 is 33.1 Å². The van der Waals surface area contributed by atoms with E-state index in [-0.39, 0.29) is 17.2 Å². The highest BCUT2D eigenvalue weighted by molar-refractivity contribution is 7.15. The summed E-state index contributed by atoms with van der Waals surface area (Å²) in [4.78, 5) is 31.3. The number of nitrogens with one attached hydrogen (secondary N) is 1. The summed E-state index contributed by atoms with van der Waals surface area (Å²) in [7, 11) is 0. The smallest absolute Gasteiger partial charge is 0.278 e. The van der Waals surface area contributed by atoms with Gasteiger partial charge in [0, 0.05) is 29.4 Å². The van der Waals surface area contributed by atoms with E-state index in [1.165, 1.54) is 21.6 Å². The summed E-state index contributed by atoms with van der Waals surface area (Å²) in [5, 5.41) is 8.85. The molecule has 31 heavy (non-hydrogen) atoms. The molecule has 0 spiro atoms. The summed E-state index contributed by atoms with van der Waals surface area (Å²) < 4.78 is 1.41. The Hall–Kier alpha value is -3.32. The zero-order valence-electron chi connectivity index (χ0n) is 17.4. The fraction of sp³-hybridized carbons (Fsp3) is 0.250. The van der Waals surface area contributed by atoms with Crippen molar-refractivity contribution in [1.29, 1.82) is 0 Å². The van der Waals surface area contributed by atoms with Crippen LogP contribution < -0.4 is 10.9 Å². The van der Waals surface area contributed by atoms with E-state index in [1.807, 2.05) is 24.3 Å². The van der Waals surface area contributed by atoms with Gasteiger partial charge in [-0.1, -0.05) is 68.3 Å². The molecule has 6 nitrogen and oxygen atoms in total. The van der Waals surface area contributed by atoms with Crippen molar-refractivity contribution in [3.63, 3.8) is 0 Å². The number of aryl methyl sites for hydroxylation is 1. The number of anilines is 1. The quantitative estimate of drug-likeness (QED) is 0.402. The summed E-state index contributed by atoms with van der Waals surface area (Å²) in [6, 6.07) is 17.2. The van der Waals surface area contributed by atoms with Crippen LogP contribution in [0.25, 0.3) is 10.8 Å². The lowest BCUT2D eigenvalue weighted by Crippen LogP contribution is -2.27. The third-order valence-electron chi connectivity index (χ3n) is 5.05. The predicted molar refractivity (Wildman–Crippen MR) is 125 cm³/mol. The van der Waals surface area contributed by atoms with Gasteiger partial charge in [0.2, 0.25) is 0 Å². The fourth-order valence-electron chi connectivity index (χ4n) is 3.47. The minimum absolute atomic E-state index is 0.164. The summed E-state index contributed by atoms with van der Waals surface area (Å²) >= 11 is 1.44. The minimum atomic E-state index is -0.360. The van der Waals surface area contributed by atoms with Crippen LogP contribution in [0.3, 0.4) is 0 Å². The average molecular weight is 433 g/mol. The summed E-state index contributed by atoms with van der Waals surface area (Å²) in [5.74, 6) is -0.360. The molecule has 0 aliphatic carbocycles. The molecule has 2 aromatic carbocycles. The molecule has 0 saturated heterocycles. The van der Waals surface area contributed by atoms with Gasteiger partial charge in [0.25, 0.3) is 11.5 Å². The van der Waals surface area contributed by atoms with E-state index in [9.17, 15) is 9.59 Å². The van der Waals surface area contributed by atoms with E-state index < -0.39 is 0 Å². The molecule has 0 atom stereocenters. The number of hydrogen-bond acceptors (Lipinski definition) is 5. The molecule has 2 aromatic heterocycles. The number of amides is 1. The van der Waals surface area contributed by atoms with Crippen molar-refractivity contribution < 1.29 is 4.79 Å². The van der Waals surface area contributed by atoms with Gasteiger partial charge in [-0.05, 0) is 18.1 Å². The van der Waals surface area contributed by atoms with Crippen molar-refractivity contribution in [2.24, 2.45) is 0 Å². The Morgan fingerprint density at radius 1 is 1.03 bits per heavy atom. The number of rotatable bonds is 8. The second kappa shape index (κ2) is 9.66. The number of hydrogen-bond donors (Lipinski definition) is 1. The maximum absolute atomic E-state index is 13.1. The Morgan fingerprint density at radius 2 is 1.77 bits per heavy atom. The summed E-state index contributed by atoms with van der Waals surface area (Å²) in [6.45, 7) is 2.60. The minimum Gasteiger partial charge on any atom is -0.296 e. The maximum atomic E-state index is 13.1. The molecule has 0 radical (unpaired) electrons. The Kier molecular flexibility index (Phi) is 6.52. The van der Waals surface area contributed by atoms with Gasteiger partial charge in [0.15, 0.2) is 10.8 Å². The number of fused-ring (bicyclic) bond motifs is 1. The van der Waals surface area contributed by atoms with E-state index in [2.05, 4.69) is 34.5 Å². The van der Waals surface area contributed by atoms with E-state index in [0.717, 1.165) is 30.6 Å². The molecule has 4 rings (SSSR count). The van der Waals surface area contributed by atoms with E-state index in [4.69, 9.17) is 0 Å². The number of benzene rings is 2. The van der Waals surface area contributed by atoms with Crippen molar-refractivity contribution in [3.8, 4) is 0 Å². The van der Waals surface area contributed by atoms with Crippen LogP contribution in [0.5, 0.6) is 0 Å². The normalized spacial score (nSPS) is 11.0. The molecular weight excluding hydrogens is 408 g/mol. The largest absolute Gasteiger partial charge is 0.296 e. The van der Waals surface area contributed by atoms with Crippen LogP contribution in [0.4, 0.5) is 5.13 Å². The van der Waals surface area contributed by atoms with E-state index >= 15 is 0 Å². The van der Waals surface area contributed by atoms with Crippen LogP contribution in [0.1, 0.15) is 47.1 Å². The first kappa shape index (κ1) is 20.9. The highest BCUT2D eigenvalue weighted by Gasteiger charge is 2.18. The monoisotopic (exact) mass is 432 g/mol. The van der Waals surface area contributed by atoms with Crippen molar-refractivity contribution in [3.05, 3.63) is 87.3 Å². The van der Waals surface area contributed by atoms with Gasteiger partial charge >= 0.3 is 0 Å². The Labute approximate surface area is 184 Å². The van der Waals surface area contributed by atoms with Crippen molar-refractivity contribution in [2.75, 3.05) is 5.32 Å².